The molecule has 3 aromatic rings. The predicted molar refractivity (Wildman–Crippen MR) is 96.8 cm³/mol. The summed E-state index contributed by atoms with van der Waals surface area (Å²) in [5.41, 5.74) is 6.42. The van der Waals surface area contributed by atoms with Crippen molar-refractivity contribution in [1.29, 1.82) is 0 Å². The van der Waals surface area contributed by atoms with Gasteiger partial charge in [0.15, 0.2) is 0 Å². The second-order valence-corrected chi connectivity index (χ2v) is 6.32. The van der Waals surface area contributed by atoms with Crippen LogP contribution in [0.25, 0.3) is 16.6 Å². The van der Waals surface area contributed by atoms with E-state index in [4.69, 9.17) is 4.74 Å². The van der Waals surface area contributed by atoms with Gasteiger partial charge in [-0.1, -0.05) is 43.3 Å². The van der Waals surface area contributed by atoms with E-state index in [-0.39, 0.29) is 12.7 Å². The first-order valence-electron chi connectivity index (χ1n) is 8.78. The summed E-state index contributed by atoms with van der Waals surface area (Å²) in [6, 6.07) is 17.1. The van der Waals surface area contributed by atoms with Crippen LogP contribution in [0, 0.1) is 0 Å². The molecule has 0 saturated carbocycles. The van der Waals surface area contributed by atoms with E-state index in [9.17, 15) is 5.11 Å². The standard InChI is InChI=1S/C21H23NO2/c1-2-15-7-6-10-17-18-12-14-24-19(11-13-23)21(18)22(20(15)17)16-8-4-3-5-9-16/h3-10,19,23H,2,11-14H2,1H3. The molecule has 3 nitrogen and oxygen atoms in total. The van der Waals surface area contributed by atoms with E-state index < -0.39 is 0 Å². The SMILES string of the molecule is CCc1cccc2c3c(n(-c4ccccc4)c12)C(CCO)OCC3. The molecule has 0 saturated heterocycles. The Balaban J connectivity index is 2.09. The maximum atomic E-state index is 9.49. The Labute approximate surface area is 142 Å². The summed E-state index contributed by atoms with van der Waals surface area (Å²) in [6.07, 6.45) is 2.52. The minimum absolute atomic E-state index is 0.0453. The third-order valence-electron chi connectivity index (χ3n) is 4.98. The topological polar surface area (TPSA) is 34.4 Å². The lowest BCUT2D eigenvalue weighted by Gasteiger charge is -2.26. The number of aryl methyl sites for hydroxylation is 1. The molecule has 0 aliphatic carbocycles. The molecule has 124 valence electrons. The van der Waals surface area contributed by atoms with Gasteiger partial charge >= 0.3 is 0 Å². The van der Waals surface area contributed by atoms with Crippen LogP contribution in [0.3, 0.4) is 0 Å². The molecule has 1 atom stereocenters. The lowest BCUT2D eigenvalue weighted by atomic mass is 9.99. The van der Waals surface area contributed by atoms with E-state index in [1.165, 1.54) is 27.7 Å². The van der Waals surface area contributed by atoms with E-state index in [1.54, 1.807) is 0 Å². The van der Waals surface area contributed by atoms with Gasteiger partial charge in [0.25, 0.3) is 0 Å². The molecule has 4 rings (SSSR count). The molecule has 1 aliphatic rings. The Morgan fingerprint density at radius 2 is 1.96 bits per heavy atom. The third kappa shape index (κ3) is 2.36. The molecule has 1 aromatic heterocycles. The molecule has 24 heavy (non-hydrogen) atoms. The smallest absolute Gasteiger partial charge is 0.100 e. The van der Waals surface area contributed by atoms with Crippen molar-refractivity contribution in [3.8, 4) is 5.69 Å². The van der Waals surface area contributed by atoms with Gasteiger partial charge in [-0.2, -0.15) is 0 Å². The van der Waals surface area contributed by atoms with Crippen molar-refractivity contribution in [3.63, 3.8) is 0 Å². The molecule has 0 spiro atoms. The largest absolute Gasteiger partial charge is 0.396 e. The number of para-hydroxylation sites is 2. The van der Waals surface area contributed by atoms with Crippen LogP contribution in [0.1, 0.15) is 36.3 Å². The zero-order valence-corrected chi connectivity index (χ0v) is 14.0. The second kappa shape index (κ2) is 6.42. The molecule has 0 fully saturated rings. The average Bonchev–Trinajstić information content (AvgIpc) is 2.98. The van der Waals surface area contributed by atoms with Gasteiger partial charge < -0.3 is 14.4 Å². The lowest BCUT2D eigenvalue weighted by Crippen LogP contribution is -2.19. The first kappa shape index (κ1) is 15.4. The lowest BCUT2D eigenvalue weighted by molar-refractivity contribution is 0.0218. The number of hydrogen-bond donors (Lipinski definition) is 1. The Bertz CT molecular complexity index is 851. The summed E-state index contributed by atoms with van der Waals surface area (Å²) in [4.78, 5) is 0. The van der Waals surface area contributed by atoms with Gasteiger partial charge in [-0.15, -0.1) is 0 Å². The van der Waals surface area contributed by atoms with Crippen LogP contribution in [-0.2, 0) is 17.6 Å². The normalized spacial score (nSPS) is 17.2. The van der Waals surface area contributed by atoms with Gasteiger partial charge in [-0.25, -0.2) is 0 Å². The highest BCUT2D eigenvalue weighted by atomic mass is 16.5. The number of aliphatic hydroxyl groups is 1. The van der Waals surface area contributed by atoms with E-state index in [0.29, 0.717) is 6.42 Å². The molecule has 1 N–H and O–H groups in total. The Morgan fingerprint density at radius 3 is 2.71 bits per heavy atom. The van der Waals surface area contributed by atoms with Crippen molar-refractivity contribution in [3.05, 3.63) is 65.4 Å². The van der Waals surface area contributed by atoms with E-state index in [0.717, 1.165) is 25.1 Å². The monoisotopic (exact) mass is 321 g/mol. The highest BCUT2D eigenvalue weighted by Crippen LogP contribution is 2.40. The summed E-state index contributed by atoms with van der Waals surface area (Å²) < 4.78 is 8.39. The van der Waals surface area contributed by atoms with Crippen molar-refractivity contribution in [2.45, 2.75) is 32.3 Å². The second-order valence-electron chi connectivity index (χ2n) is 6.32. The van der Waals surface area contributed by atoms with Gasteiger partial charge in [-0.05, 0) is 36.1 Å². The summed E-state index contributed by atoms with van der Waals surface area (Å²) in [5, 5.41) is 10.8. The number of aliphatic hydroxyl groups excluding tert-OH is 1. The van der Waals surface area contributed by atoms with E-state index >= 15 is 0 Å². The van der Waals surface area contributed by atoms with Crippen LogP contribution < -0.4 is 0 Å². The Morgan fingerprint density at radius 1 is 1.12 bits per heavy atom. The predicted octanol–water partition coefficient (Wildman–Crippen LogP) is 4.19. The molecular weight excluding hydrogens is 298 g/mol. The van der Waals surface area contributed by atoms with Gasteiger partial charge in [0, 0.05) is 24.1 Å². The first-order valence-corrected chi connectivity index (χ1v) is 8.78. The minimum atomic E-state index is -0.0453. The Kier molecular flexibility index (Phi) is 4.13. The minimum Gasteiger partial charge on any atom is -0.396 e. The summed E-state index contributed by atoms with van der Waals surface area (Å²) in [7, 11) is 0. The number of ether oxygens (including phenoxy) is 1. The summed E-state index contributed by atoms with van der Waals surface area (Å²) >= 11 is 0. The summed E-state index contributed by atoms with van der Waals surface area (Å²) in [6.45, 7) is 3.07. The number of nitrogens with zero attached hydrogens (tertiary/aromatic N) is 1. The van der Waals surface area contributed by atoms with Crippen molar-refractivity contribution < 1.29 is 9.84 Å². The van der Waals surface area contributed by atoms with Crippen LogP contribution in [0.5, 0.6) is 0 Å². The van der Waals surface area contributed by atoms with Crippen molar-refractivity contribution in [1.82, 2.24) is 4.57 Å². The van der Waals surface area contributed by atoms with Crippen molar-refractivity contribution in [2.75, 3.05) is 13.2 Å². The van der Waals surface area contributed by atoms with Gasteiger partial charge in [0.2, 0.25) is 0 Å². The molecule has 1 unspecified atom stereocenters. The van der Waals surface area contributed by atoms with Crippen LogP contribution in [-0.4, -0.2) is 22.9 Å². The molecule has 1 aliphatic heterocycles. The van der Waals surface area contributed by atoms with Gasteiger partial charge in [0.1, 0.15) is 6.10 Å². The maximum absolute atomic E-state index is 9.49. The van der Waals surface area contributed by atoms with Crippen LogP contribution in [0.4, 0.5) is 0 Å². The zero-order chi connectivity index (χ0) is 16.5. The van der Waals surface area contributed by atoms with Crippen LogP contribution in [0.15, 0.2) is 48.5 Å². The van der Waals surface area contributed by atoms with Gasteiger partial charge in [0.05, 0.1) is 17.8 Å². The fourth-order valence-corrected chi connectivity index (χ4v) is 3.94. The number of hydrogen-bond acceptors (Lipinski definition) is 2. The molecule has 3 heteroatoms. The quantitative estimate of drug-likeness (QED) is 0.782. The molecule has 2 aromatic carbocycles. The van der Waals surface area contributed by atoms with Gasteiger partial charge in [-0.3, -0.25) is 0 Å². The molecular formula is C21H23NO2. The Hall–Kier alpha value is -2.10. The van der Waals surface area contributed by atoms with E-state index in [2.05, 4.69) is 54.0 Å². The fraction of sp³-hybridized carbons (Fsp3) is 0.333. The van der Waals surface area contributed by atoms with Crippen LogP contribution >= 0.6 is 0 Å². The fourth-order valence-electron chi connectivity index (χ4n) is 3.94. The van der Waals surface area contributed by atoms with Crippen molar-refractivity contribution in [2.24, 2.45) is 0 Å². The molecule has 0 bridgehead atoms. The van der Waals surface area contributed by atoms with Crippen LogP contribution in [0.2, 0.25) is 0 Å². The van der Waals surface area contributed by atoms with E-state index in [1.807, 2.05) is 6.07 Å². The molecule has 2 heterocycles. The first-order chi connectivity index (χ1) is 11.8. The highest BCUT2D eigenvalue weighted by molar-refractivity contribution is 5.90. The zero-order valence-electron chi connectivity index (χ0n) is 14.0. The average molecular weight is 321 g/mol. The summed E-state index contributed by atoms with van der Waals surface area (Å²) in [5.74, 6) is 0. The third-order valence-corrected chi connectivity index (χ3v) is 4.98. The van der Waals surface area contributed by atoms with Crippen molar-refractivity contribution >= 4 is 10.9 Å². The number of benzene rings is 2. The number of fused-ring (bicyclic) bond motifs is 3. The molecule has 0 amide bonds. The number of aromatic nitrogens is 1. The number of rotatable bonds is 4. The highest BCUT2D eigenvalue weighted by Gasteiger charge is 2.29. The molecule has 0 radical (unpaired) electrons. The maximum Gasteiger partial charge on any atom is 0.100 e.